The van der Waals surface area contributed by atoms with Gasteiger partial charge in [-0.3, -0.25) is 4.98 Å². The second-order valence-electron chi connectivity index (χ2n) is 7.84. The first-order valence-corrected chi connectivity index (χ1v) is 11.5. The average molecular weight is 478 g/mol. The van der Waals surface area contributed by atoms with Gasteiger partial charge in [0.05, 0.1) is 35.5 Å². The van der Waals surface area contributed by atoms with E-state index in [0.29, 0.717) is 33.9 Å². The molecule has 35 heavy (non-hydrogen) atoms. The third kappa shape index (κ3) is 3.95. The predicted molar refractivity (Wildman–Crippen MR) is 135 cm³/mol. The van der Waals surface area contributed by atoms with Gasteiger partial charge in [0.2, 0.25) is 5.88 Å². The van der Waals surface area contributed by atoms with E-state index < -0.39 is 0 Å². The van der Waals surface area contributed by atoms with E-state index in [4.69, 9.17) is 4.74 Å². The molecule has 0 bridgehead atoms. The number of methoxy groups -OCH3 is 1. The summed E-state index contributed by atoms with van der Waals surface area (Å²) in [5.74, 6) is 0.909. The van der Waals surface area contributed by atoms with E-state index in [1.165, 1.54) is 11.3 Å². The van der Waals surface area contributed by atoms with E-state index in [0.717, 1.165) is 32.4 Å². The van der Waals surface area contributed by atoms with Crippen molar-refractivity contribution >= 4 is 34.0 Å². The monoisotopic (exact) mass is 477 g/mol. The van der Waals surface area contributed by atoms with Crippen LogP contribution in [0, 0.1) is 36.5 Å². The van der Waals surface area contributed by atoms with Crippen molar-refractivity contribution in [3.8, 4) is 33.5 Å². The number of thiophene rings is 1. The van der Waals surface area contributed by atoms with Gasteiger partial charge >= 0.3 is 0 Å². The fourth-order valence-corrected chi connectivity index (χ4v) is 5.17. The third-order valence-electron chi connectivity index (χ3n) is 5.68. The van der Waals surface area contributed by atoms with Gasteiger partial charge in [-0.15, -0.1) is 11.3 Å². The second-order valence-corrected chi connectivity index (χ2v) is 8.87. The molecule has 170 valence electrons. The van der Waals surface area contributed by atoms with Crippen molar-refractivity contribution < 1.29 is 4.74 Å². The number of fused-ring (bicyclic) bond motifs is 1. The van der Waals surface area contributed by atoms with Crippen LogP contribution in [-0.2, 0) is 0 Å². The van der Waals surface area contributed by atoms with E-state index in [2.05, 4.69) is 36.6 Å². The lowest BCUT2D eigenvalue weighted by Crippen LogP contribution is -1.98. The molecule has 1 N–H and O–H groups in total. The molecule has 0 saturated carbocycles. The summed E-state index contributed by atoms with van der Waals surface area (Å²) in [4.78, 5) is 17.1. The van der Waals surface area contributed by atoms with Gasteiger partial charge in [-0.25, -0.2) is 9.97 Å². The minimum absolute atomic E-state index is 0.392. The summed E-state index contributed by atoms with van der Waals surface area (Å²) in [6.45, 7) is 3.96. The van der Waals surface area contributed by atoms with Crippen molar-refractivity contribution in [1.82, 2.24) is 24.5 Å². The molecule has 0 aliphatic rings. The van der Waals surface area contributed by atoms with Crippen molar-refractivity contribution in [2.75, 3.05) is 7.11 Å². The van der Waals surface area contributed by atoms with Crippen LogP contribution in [0.3, 0.4) is 0 Å². The van der Waals surface area contributed by atoms with Crippen LogP contribution in [0.5, 0.6) is 5.88 Å². The van der Waals surface area contributed by atoms with E-state index in [1.54, 1.807) is 31.8 Å². The molecule has 0 unspecified atom stereocenters. The average Bonchev–Trinajstić information content (AvgIpc) is 3.57. The number of allylic oxidation sites excluding steroid dienone is 1. The molecule has 0 saturated heterocycles. The fourth-order valence-electron chi connectivity index (χ4n) is 3.96. The predicted octanol–water partition coefficient (Wildman–Crippen LogP) is 5.43. The van der Waals surface area contributed by atoms with Gasteiger partial charge in [0, 0.05) is 40.3 Å². The Labute approximate surface area is 205 Å². The molecule has 0 aromatic carbocycles. The molecule has 0 atom stereocenters. The Bertz CT molecular complexity index is 1680. The lowest BCUT2D eigenvalue weighted by atomic mass is 10.1. The molecule has 0 aliphatic heterocycles. The van der Waals surface area contributed by atoms with E-state index in [9.17, 15) is 10.5 Å². The standard InChI is InChI=1S/C26H19N7OS/c1-15-7-18(8-19(11-27)25-31-21-10-24(34-3)30-14-22(21)32-25)16(2)33(15)26-20(12-28)9-23(35-26)17-5-4-6-29-13-17/h4-10,13-14H,1-3H3,(H,31,32). The Morgan fingerprint density at radius 3 is 2.77 bits per heavy atom. The molecule has 5 aromatic rings. The van der Waals surface area contributed by atoms with Crippen LogP contribution >= 0.6 is 11.3 Å². The van der Waals surface area contributed by atoms with E-state index in [1.807, 2.05) is 44.2 Å². The number of rotatable bonds is 5. The summed E-state index contributed by atoms with van der Waals surface area (Å²) in [6.07, 6.45) is 6.95. The molecule has 9 heteroatoms. The highest BCUT2D eigenvalue weighted by Crippen LogP contribution is 2.36. The number of nitrogens with one attached hydrogen (secondary N) is 1. The first-order chi connectivity index (χ1) is 17.0. The third-order valence-corrected chi connectivity index (χ3v) is 6.85. The minimum Gasteiger partial charge on any atom is -0.481 e. The van der Waals surface area contributed by atoms with Gasteiger partial charge in [0.15, 0.2) is 0 Å². The van der Waals surface area contributed by atoms with Crippen LogP contribution in [0.2, 0.25) is 0 Å². The van der Waals surface area contributed by atoms with Crippen molar-refractivity contribution in [3.63, 3.8) is 0 Å². The molecule has 0 spiro atoms. The van der Waals surface area contributed by atoms with Crippen LogP contribution in [0.25, 0.3) is 38.1 Å². The van der Waals surface area contributed by atoms with Gasteiger partial charge in [0.25, 0.3) is 0 Å². The Kier molecular flexibility index (Phi) is 5.61. The zero-order valence-corrected chi connectivity index (χ0v) is 20.0. The maximum Gasteiger partial charge on any atom is 0.215 e. The summed E-state index contributed by atoms with van der Waals surface area (Å²) >= 11 is 1.54. The Morgan fingerprint density at radius 1 is 1.20 bits per heavy atom. The number of imidazole rings is 1. The first kappa shape index (κ1) is 22.1. The fraction of sp³-hybridized carbons (Fsp3) is 0.115. The van der Waals surface area contributed by atoms with Crippen molar-refractivity contribution in [3.05, 3.63) is 77.3 Å². The van der Waals surface area contributed by atoms with Gasteiger partial charge < -0.3 is 14.3 Å². The number of hydrogen-bond donors (Lipinski definition) is 1. The van der Waals surface area contributed by atoms with Gasteiger partial charge in [0.1, 0.15) is 23.0 Å². The summed E-state index contributed by atoms with van der Waals surface area (Å²) in [5, 5.41) is 20.5. The Morgan fingerprint density at radius 2 is 2.06 bits per heavy atom. The van der Waals surface area contributed by atoms with Crippen LogP contribution in [-0.4, -0.2) is 31.6 Å². The van der Waals surface area contributed by atoms with Crippen LogP contribution in [0.1, 0.15) is 28.3 Å². The number of H-pyrrole nitrogens is 1. The molecule has 0 fully saturated rings. The Balaban J connectivity index is 1.58. The molecule has 0 radical (unpaired) electrons. The quantitative estimate of drug-likeness (QED) is 0.337. The van der Waals surface area contributed by atoms with Crippen molar-refractivity contribution in [1.29, 1.82) is 10.5 Å². The first-order valence-electron chi connectivity index (χ1n) is 10.7. The van der Waals surface area contributed by atoms with Gasteiger partial charge in [-0.1, -0.05) is 6.07 Å². The van der Waals surface area contributed by atoms with Crippen molar-refractivity contribution in [2.24, 2.45) is 0 Å². The number of aromatic amines is 1. The normalized spacial score (nSPS) is 11.4. The second kappa shape index (κ2) is 8.90. The number of aryl methyl sites for hydroxylation is 1. The molecular formula is C26H19N7OS. The molecule has 0 amide bonds. The molecule has 5 aromatic heterocycles. The lowest BCUT2D eigenvalue weighted by molar-refractivity contribution is 0.398. The summed E-state index contributed by atoms with van der Waals surface area (Å²) in [7, 11) is 1.54. The van der Waals surface area contributed by atoms with Crippen LogP contribution < -0.4 is 4.74 Å². The summed E-state index contributed by atoms with van der Waals surface area (Å²) in [5.41, 5.74) is 6.08. The highest BCUT2D eigenvalue weighted by Gasteiger charge is 2.18. The number of nitrogens with zero attached hydrogens (tertiary/aromatic N) is 6. The Hall–Kier alpha value is -4.73. The van der Waals surface area contributed by atoms with Crippen LogP contribution in [0.4, 0.5) is 0 Å². The van der Waals surface area contributed by atoms with Crippen LogP contribution in [0.15, 0.2) is 48.9 Å². The maximum atomic E-state index is 9.89. The van der Waals surface area contributed by atoms with Gasteiger partial charge in [-0.05, 0) is 43.7 Å². The number of ether oxygens (including phenoxy) is 1. The van der Waals surface area contributed by atoms with Crippen molar-refractivity contribution in [2.45, 2.75) is 13.8 Å². The molecule has 5 rings (SSSR count). The lowest BCUT2D eigenvalue weighted by Gasteiger charge is -2.07. The summed E-state index contributed by atoms with van der Waals surface area (Å²) in [6, 6.07) is 14.0. The van der Waals surface area contributed by atoms with E-state index >= 15 is 0 Å². The van der Waals surface area contributed by atoms with Gasteiger partial charge in [-0.2, -0.15) is 10.5 Å². The number of aromatic nitrogens is 5. The molecule has 5 heterocycles. The zero-order valence-electron chi connectivity index (χ0n) is 19.2. The minimum atomic E-state index is 0.392. The number of hydrogen-bond acceptors (Lipinski definition) is 7. The molecular weight excluding hydrogens is 458 g/mol. The molecule has 0 aliphatic carbocycles. The summed E-state index contributed by atoms with van der Waals surface area (Å²) < 4.78 is 7.22. The highest BCUT2D eigenvalue weighted by atomic mass is 32.1. The number of nitriles is 2. The topological polar surface area (TPSA) is 116 Å². The maximum absolute atomic E-state index is 9.89. The SMILES string of the molecule is COc1cc2nc(C(C#N)=Cc3cc(C)n(-c4sc(-c5cccnc5)cc4C#N)c3C)[nH]c2cn1. The van der Waals surface area contributed by atoms with E-state index in [-0.39, 0.29) is 0 Å². The molecule has 8 nitrogen and oxygen atoms in total. The number of pyridine rings is 2. The smallest absolute Gasteiger partial charge is 0.215 e. The zero-order chi connectivity index (χ0) is 24.5. The highest BCUT2D eigenvalue weighted by molar-refractivity contribution is 7.18. The largest absolute Gasteiger partial charge is 0.481 e.